The standard InChI is InChI=1S/C11H19N3O5S/c1-3-14(13-6-4-5-7-13)10(11(16)19-2)9(15)8-12-20(14,17)18/h12H,3-8H2,1-2H3/p+1. The fourth-order valence-corrected chi connectivity index (χ4v) is 4.63. The highest BCUT2D eigenvalue weighted by atomic mass is 32.2. The number of hydrogen-bond acceptors (Lipinski definition) is 6. The molecular formula is C11H20N3O5S+. The van der Waals surface area contributed by atoms with Gasteiger partial charge in [0.2, 0.25) is 0 Å². The van der Waals surface area contributed by atoms with Crippen molar-refractivity contribution in [2.45, 2.75) is 19.8 Å². The number of esters is 1. The summed E-state index contributed by atoms with van der Waals surface area (Å²) >= 11 is 0. The Labute approximate surface area is 118 Å². The lowest BCUT2D eigenvalue weighted by atomic mass is 10.3. The van der Waals surface area contributed by atoms with Gasteiger partial charge in [0, 0.05) is 13.1 Å². The van der Waals surface area contributed by atoms with Crippen LogP contribution in [0.15, 0.2) is 11.5 Å². The van der Waals surface area contributed by atoms with Crippen molar-refractivity contribution in [2.24, 2.45) is 0 Å². The molecule has 2 aliphatic heterocycles. The Morgan fingerprint density at radius 3 is 2.55 bits per heavy atom. The summed E-state index contributed by atoms with van der Waals surface area (Å²) in [6, 6.07) is 0. The molecule has 0 spiro atoms. The van der Waals surface area contributed by atoms with Crippen molar-refractivity contribution in [3.63, 3.8) is 0 Å². The van der Waals surface area contributed by atoms with Crippen LogP contribution in [0.3, 0.4) is 0 Å². The van der Waals surface area contributed by atoms with Crippen molar-refractivity contribution in [3.8, 4) is 0 Å². The highest BCUT2D eigenvalue weighted by Crippen LogP contribution is 2.34. The first kappa shape index (κ1) is 15.2. The minimum absolute atomic E-state index is 0.101. The number of ether oxygens (including phenoxy) is 1. The zero-order chi connectivity index (χ0) is 15.0. The molecule has 0 aromatic rings. The molecule has 9 heteroatoms. The van der Waals surface area contributed by atoms with Gasteiger partial charge in [0.15, 0.2) is 5.76 Å². The molecule has 114 valence electrons. The summed E-state index contributed by atoms with van der Waals surface area (Å²) < 4.78 is 31.4. The van der Waals surface area contributed by atoms with Crippen LogP contribution in [-0.2, 0) is 19.7 Å². The molecule has 1 unspecified atom stereocenters. The zero-order valence-corrected chi connectivity index (χ0v) is 12.4. The monoisotopic (exact) mass is 306 g/mol. The van der Waals surface area contributed by atoms with Gasteiger partial charge in [-0.15, -0.1) is 5.01 Å². The first-order valence-electron chi connectivity index (χ1n) is 6.55. The molecule has 0 aromatic heterocycles. The van der Waals surface area contributed by atoms with Gasteiger partial charge in [-0.3, -0.25) is 0 Å². The predicted molar refractivity (Wildman–Crippen MR) is 70.2 cm³/mol. The second kappa shape index (κ2) is 5.32. The van der Waals surface area contributed by atoms with Gasteiger partial charge in [0.25, 0.3) is 5.70 Å². The Kier molecular flexibility index (Phi) is 4.05. The van der Waals surface area contributed by atoms with E-state index < -0.39 is 20.2 Å². The molecule has 8 nitrogen and oxygen atoms in total. The fraction of sp³-hybridized carbons (Fsp3) is 0.727. The molecule has 2 aliphatic rings. The summed E-state index contributed by atoms with van der Waals surface area (Å²) in [5.41, 5.74) is -0.212. The van der Waals surface area contributed by atoms with Crippen LogP contribution in [0.1, 0.15) is 19.8 Å². The van der Waals surface area contributed by atoms with Crippen LogP contribution in [0.2, 0.25) is 0 Å². The van der Waals surface area contributed by atoms with Gasteiger partial charge >= 0.3 is 16.2 Å². The number of carbonyl (C=O) groups is 1. The Hall–Kier alpha value is -1.16. The average molecular weight is 306 g/mol. The van der Waals surface area contributed by atoms with Crippen LogP contribution >= 0.6 is 0 Å². The molecule has 2 rings (SSSR count). The van der Waals surface area contributed by atoms with E-state index in [1.165, 1.54) is 7.11 Å². The van der Waals surface area contributed by atoms with Gasteiger partial charge < -0.3 is 9.84 Å². The third-order valence-electron chi connectivity index (χ3n) is 3.79. The van der Waals surface area contributed by atoms with E-state index in [9.17, 15) is 18.3 Å². The topological polar surface area (TPSA) is 95.9 Å². The number of nitrogens with one attached hydrogen (secondary N) is 1. The highest BCUT2D eigenvalue weighted by molar-refractivity contribution is 7.84. The van der Waals surface area contributed by atoms with E-state index in [2.05, 4.69) is 9.46 Å². The molecule has 1 atom stereocenters. The molecule has 0 amide bonds. The Morgan fingerprint density at radius 2 is 2.05 bits per heavy atom. The van der Waals surface area contributed by atoms with E-state index in [0.717, 1.165) is 12.8 Å². The van der Waals surface area contributed by atoms with Crippen LogP contribution in [0.25, 0.3) is 0 Å². The number of likely N-dealkylation sites (N-methyl/N-ethyl adjacent to an activating group) is 1. The van der Waals surface area contributed by atoms with Crippen molar-refractivity contribution in [3.05, 3.63) is 11.5 Å². The van der Waals surface area contributed by atoms with Gasteiger partial charge in [-0.05, 0) is 19.8 Å². The van der Waals surface area contributed by atoms with Crippen molar-refractivity contribution >= 4 is 16.2 Å². The number of aliphatic hydroxyl groups excluding tert-OH is 1. The predicted octanol–water partition coefficient (Wildman–Crippen LogP) is -0.375. The minimum Gasteiger partial charge on any atom is -0.505 e. The van der Waals surface area contributed by atoms with Gasteiger partial charge in [-0.2, -0.15) is 13.1 Å². The number of hydrogen-bond donors (Lipinski definition) is 2. The maximum Gasteiger partial charge on any atom is 0.399 e. The number of quaternary nitrogens is 1. The van der Waals surface area contributed by atoms with E-state index in [1.54, 1.807) is 11.9 Å². The van der Waals surface area contributed by atoms with Gasteiger partial charge in [0.1, 0.15) is 6.54 Å². The summed E-state index contributed by atoms with van der Waals surface area (Å²) in [4.78, 5) is 12.0. The molecule has 0 aromatic carbocycles. The van der Waals surface area contributed by atoms with Crippen LogP contribution in [-0.4, -0.2) is 61.8 Å². The number of nitrogens with zero attached hydrogens (tertiary/aromatic N) is 2. The largest absolute Gasteiger partial charge is 0.505 e. The average Bonchev–Trinajstić information content (AvgIpc) is 2.94. The van der Waals surface area contributed by atoms with Crippen LogP contribution < -0.4 is 4.72 Å². The molecule has 1 saturated heterocycles. The second-order valence-corrected chi connectivity index (χ2v) is 6.60. The first-order valence-corrected chi connectivity index (χ1v) is 7.99. The quantitative estimate of drug-likeness (QED) is 0.545. The lowest BCUT2D eigenvalue weighted by Crippen LogP contribution is -2.68. The normalized spacial score (nSPS) is 30.5. The van der Waals surface area contributed by atoms with Gasteiger partial charge in [-0.1, -0.05) is 4.00 Å². The number of aliphatic hydroxyl groups is 1. The summed E-state index contributed by atoms with van der Waals surface area (Å²) in [6.07, 6.45) is 1.70. The maximum absolute atomic E-state index is 12.6. The van der Waals surface area contributed by atoms with Crippen molar-refractivity contribution in [1.29, 1.82) is 0 Å². The minimum atomic E-state index is -3.86. The SMILES string of the molecule is CC[N+]1(N2CCCC2)C(C(=O)OC)=C(O)CNS1(=O)=O. The Balaban J connectivity index is 2.67. The van der Waals surface area contributed by atoms with Crippen molar-refractivity contribution in [2.75, 3.05) is 33.3 Å². The van der Waals surface area contributed by atoms with Crippen LogP contribution in [0.4, 0.5) is 0 Å². The maximum atomic E-state index is 12.6. The Bertz CT molecular complexity index is 538. The Morgan fingerprint density at radius 1 is 1.45 bits per heavy atom. The van der Waals surface area contributed by atoms with Gasteiger partial charge in [0.05, 0.1) is 13.7 Å². The molecule has 2 N–H and O–H groups in total. The summed E-state index contributed by atoms with van der Waals surface area (Å²) in [5.74, 6) is -1.11. The third kappa shape index (κ3) is 2.01. The molecule has 0 radical (unpaired) electrons. The molecule has 0 saturated carbocycles. The fourth-order valence-electron chi connectivity index (χ4n) is 2.87. The van der Waals surface area contributed by atoms with E-state index in [4.69, 9.17) is 0 Å². The van der Waals surface area contributed by atoms with Crippen molar-refractivity contribution in [1.82, 2.24) is 9.73 Å². The summed E-state index contributed by atoms with van der Waals surface area (Å²) in [5, 5.41) is 11.7. The zero-order valence-electron chi connectivity index (χ0n) is 11.6. The molecule has 20 heavy (non-hydrogen) atoms. The lowest BCUT2D eigenvalue weighted by molar-refractivity contribution is -0.889. The summed E-state index contributed by atoms with van der Waals surface area (Å²) in [7, 11) is -2.69. The lowest BCUT2D eigenvalue weighted by Gasteiger charge is -2.42. The van der Waals surface area contributed by atoms with Crippen LogP contribution in [0.5, 0.6) is 0 Å². The molecular weight excluding hydrogens is 286 g/mol. The molecule has 0 aliphatic carbocycles. The molecule has 2 heterocycles. The van der Waals surface area contributed by atoms with E-state index in [0.29, 0.717) is 13.1 Å². The van der Waals surface area contributed by atoms with E-state index in [1.807, 2.05) is 0 Å². The summed E-state index contributed by atoms with van der Waals surface area (Å²) in [6.45, 7) is 2.56. The third-order valence-corrected chi connectivity index (χ3v) is 5.77. The van der Waals surface area contributed by atoms with Crippen LogP contribution in [0, 0.1) is 0 Å². The van der Waals surface area contributed by atoms with E-state index in [-0.39, 0.29) is 24.5 Å². The number of rotatable bonds is 3. The van der Waals surface area contributed by atoms with E-state index >= 15 is 0 Å². The number of carbonyl (C=O) groups excluding carboxylic acids is 1. The second-order valence-electron chi connectivity index (χ2n) is 4.76. The van der Waals surface area contributed by atoms with Crippen molar-refractivity contribution < 1.29 is 27.1 Å². The smallest absolute Gasteiger partial charge is 0.399 e. The molecule has 0 bridgehead atoms. The van der Waals surface area contributed by atoms with Gasteiger partial charge in [-0.25, -0.2) is 4.79 Å². The highest BCUT2D eigenvalue weighted by Gasteiger charge is 2.58. The first-order chi connectivity index (χ1) is 9.40. The molecule has 1 fully saturated rings. The number of methoxy groups -OCH3 is 1.